The first kappa shape index (κ1) is 12.9. The summed E-state index contributed by atoms with van der Waals surface area (Å²) >= 11 is 1.51. The molecule has 1 fully saturated rings. The zero-order valence-corrected chi connectivity index (χ0v) is 11.8. The number of carbonyl (C=O) groups excluding carboxylic acids is 2. The molecule has 20 heavy (non-hydrogen) atoms. The number of rotatable bonds is 3. The molecule has 5 heteroatoms. The number of nitrogens with zero attached hydrogens (tertiary/aromatic N) is 1. The molecular weight excluding hydrogens is 272 g/mol. The maximum atomic E-state index is 12.6. The molecule has 3 rings (SSSR count). The van der Waals surface area contributed by atoms with Crippen molar-refractivity contribution in [2.75, 3.05) is 0 Å². The van der Waals surface area contributed by atoms with Gasteiger partial charge in [-0.15, -0.1) is 0 Å². The summed E-state index contributed by atoms with van der Waals surface area (Å²) < 4.78 is 0. The van der Waals surface area contributed by atoms with E-state index in [4.69, 9.17) is 0 Å². The predicted molar refractivity (Wildman–Crippen MR) is 77.2 cm³/mol. The van der Waals surface area contributed by atoms with Crippen LogP contribution in [0.15, 0.2) is 47.2 Å². The van der Waals surface area contributed by atoms with E-state index in [-0.39, 0.29) is 11.9 Å². The van der Waals surface area contributed by atoms with Gasteiger partial charge >= 0.3 is 6.03 Å². The van der Waals surface area contributed by atoms with E-state index >= 15 is 0 Å². The maximum Gasteiger partial charge on any atom is 0.325 e. The van der Waals surface area contributed by atoms with Crippen LogP contribution in [-0.2, 0) is 16.9 Å². The number of thiophene rings is 1. The van der Waals surface area contributed by atoms with Gasteiger partial charge in [0.2, 0.25) is 0 Å². The van der Waals surface area contributed by atoms with E-state index in [1.165, 1.54) is 16.2 Å². The highest BCUT2D eigenvalue weighted by atomic mass is 32.1. The number of amides is 3. The van der Waals surface area contributed by atoms with Crippen molar-refractivity contribution >= 4 is 23.3 Å². The summed E-state index contributed by atoms with van der Waals surface area (Å²) in [5, 5.41) is 6.59. The number of urea groups is 1. The molecule has 0 spiro atoms. The number of carbonyl (C=O) groups is 2. The molecule has 0 radical (unpaired) electrons. The topological polar surface area (TPSA) is 49.4 Å². The summed E-state index contributed by atoms with van der Waals surface area (Å²) in [6.07, 6.45) is 0. The third-order valence-corrected chi connectivity index (χ3v) is 4.24. The highest BCUT2D eigenvalue weighted by Crippen LogP contribution is 2.30. The number of hydrogen-bond acceptors (Lipinski definition) is 3. The van der Waals surface area contributed by atoms with Gasteiger partial charge in [-0.05, 0) is 34.9 Å². The van der Waals surface area contributed by atoms with E-state index in [1.807, 2.05) is 47.2 Å². The van der Waals surface area contributed by atoms with Crippen molar-refractivity contribution < 1.29 is 9.59 Å². The van der Waals surface area contributed by atoms with Gasteiger partial charge in [-0.25, -0.2) is 4.79 Å². The Labute approximate surface area is 121 Å². The predicted octanol–water partition coefficient (Wildman–Crippen LogP) is 2.72. The summed E-state index contributed by atoms with van der Waals surface area (Å²) in [7, 11) is 0. The zero-order valence-electron chi connectivity index (χ0n) is 11.0. The van der Waals surface area contributed by atoms with Gasteiger partial charge < -0.3 is 5.32 Å². The normalized spacial score (nSPS) is 22.1. The highest BCUT2D eigenvalue weighted by Gasteiger charge is 2.48. The lowest BCUT2D eigenvalue weighted by atomic mass is 9.95. The fraction of sp³-hybridized carbons (Fsp3) is 0.200. The molecule has 4 nitrogen and oxygen atoms in total. The zero-order chi connectivity index (χ0) is 14.2. The first-order chi connectivity index (χ1) is 9.61. The quantitative estimate of drug-likeness (QED) is 0.882. The van der Waals surface area contributed by atoms with Crippen molar-refractivity contribution in [2.45, 2.75) is 19.0 Å². The van der Waals surface area contributed by atoms with E-state index in [0.29, 0.717) is 6.54 Å². The van der Waals surface area contributed by atoms with Crippen LogP contribution in [0.5, 0.6) is 0 Å². The van der Waals surface area contributed by atoms with Crippen LogP contribution in [0.25, 0.3) is 0 Å². The smallest absolute Gasteiger partial charge is 0.319 e. The Morgan fingerprint density at radius 3 is 2.60 bits per heavy atom. The fourth-order valence-corrected chi connectivity index (χ4v) is 3.12. The van der Waals surface area contributed by atoms with Gasteiger partial charge in [-0.1, -0.05) is 30.3 Å². The minimum absolute atomic E-state index is 0.204. The van der Waals surface area contributed by atoms with Gasteiger partial charge in [0, 0.05) is 0 Å². The molecule has 1 atom stereocenters. The van der Waals surface area contributed by atoms with E-state index in [0.717, 1.165) is 11.1 Å². The average molecular weight is 286 g/mol. The Bertz CT molecular complexity index is 639. The molecule has 1 N–H and O–H groups in total. The van der Waals surface area contributed by atoms with E-state index < -0.39 is 5.54 Å². The van der Waals surface area contributed by atoms with Crippen LogP contribution in [0.2, 0.25) is 0 Å². The van der Waals surface area contributed by atoms with Gasteiger partial charge in [0.15, 0.2) is 0 Å². The summed E-state index contributed by atoms with van der Waals surface area (Å²) in [6.45, 7) is 2.05. The van der Waals surface area contributed by atoms with Crippen LogP contribution in [0.4, 0.5) is 4.79 Å². The monoisotopic (exact) mass is 286 g/mol. The molecule has 0 saturated carbocycles. The number of nitrogens with one attached hydrogen (secondary N) is 1. The molecule has 0 aliphatic carbocycles. The summed E-state index contributed by atoms with van der Waals surface area (Å²) in [6, 6.07) is 11.0. The van der Waals surface area contributed by atoms with Crippen LogP contribution in [-0.4, -0.2) is 16.8 Å². The minimum Gasteiger partial charge on any atom is -0.319 e. The Hall–Kier alpha value is -2.14. The minimum atomic E-state index is -0.953. The second-order valence-electron chi connectivity index (χ2n) is 4.94. The van der Waals surface area contributed by atoms with Gasteiger partial charge in [-0.3, -0.25) is 9.69 Å². The molecule has 1 aliphatic rings. The molecule has 2 aromatic rings. The van der Waals surface area contributed by atoms with E-state index in [9.17, 15) is 9.59 Å². The maximum absolute atomic E-state index is 12.6. The fourth-order valence-electron chi connectivity index (χ4n) is 2.35. The van der Waals surface area contributed by atoms with E-state index in [1.54, 1.807) is 6.92 Å². The summed E-state index contributed by atoms with van der Waals surface area (Å²) in [4.78, 5) is 26.0. The summed E-state index contributed by atoms with van der Waals surface area (Å²) in [5.41, 5.74) is 0.813. The molecule has 1 aliphatic heterocycles. The molecule has 0 bridgehead atoms. The average Bonchev–Trinajstić information content (AvgIpc) is 3.05. The third-order valence-electron chi connectivity index (χ3n) is 3.56. The van der Waals surface area contributed by atoms with Crippen LogP contribution in [0.3, 0.4) is 0 Å². The van der Waals surface area contributed by atoms with Crippen LogP contribution >= 0.6 is 11.3 Å². The number of hydrogen-bond donors (Lipinski definition) is 1. The van der Waals surface area contributed by atoms with Gasteiger partial charge in [-0.2, -0.15) is 11.3 Å². The van der Waals surface area contributed by atoms with Gasteiger partial charge in [0.25, 0.3) is 5.91 Å². The second kappa shape index (κ2) is 4.76. The van der Waals surface area contributed by atoms with Crippen molar-refractivity contribution in [3.05, 3.63) is 58.3 Å². The second-order valence-corrected chi connectivity index (χ2v) is 5.72. The van der Waals surface area contributed by atoms with Crippen LogP contribution in [0, 0.1) is 0 Å². The standard InChI is InChI=1S/C15H14N2O2S/c1-15(12-7-8-20-10-12)13(18)17(14(19)16-15)9-11-5-3-2-4-6-11/h2-8,10H,9H2,1H3,(H,16,19). The molecule has 1 aromatic carbocycles. The number of benzene rings is 1. The Kier molecular flexibility index (Phi) is 3.06. The molecule has 1 saturated heterocycles. The highest BCUT2D eigenvalue weighted by molar-refractivity contribution is 7.08. The lowest BCUT2D eigenvalue weighted by molar-refractivity contribution is -0.131. The third kappa shape index (κ3) is 2.00. The van der Waals surface area contributed by atoms with Crippen molar-refractivity contribution in [1.82, 2.24) is 10.2 Å². The van der Waals surface area contributed by atoms with Gasteiger partial charge in [0.05, 0.1) is 6.54 Å². The molecule has 3 amide bonds. The van der Waals surface area contributed by atoms with Crippen molar-refractivity contribution in [3.8, 4) is 0 Å². The Balaban J connectivity index is 1.88. The Morgan fingerprint density at radius 2 is 1.95 bits per heavy atom. The molecule has 2 heterocycles. The largest absolute Gasteiger partial charge is 0.325 e. The van der Waals surface area contributed by atoms with Crippen LogP contribution < -0.4 is 5.32 Å². The molecule has 1 aromatic heterocycles. The molecular formula is C15H14N2O2S. The van der Waals surface area contributed by atoms with Crippen molar-refractivity contribution in [1.29, 1.82) is 0 Å². The van der Waals surface area contributed by atoms with E-state index in [2.05, 4.69) is 5.32 Å². The van der Waals surface area contributed by atoms with Crippen LogP contribution in [0.1, 0.15) is 18.1 Å². The van der Waals surface area contributed by atoms with Crippen molar-refractivity contribution in [3.63, 3.8) is 0 Å². The SMILES string of the molecule is CC1(c2ccsc2)NC(=O)N(Cc2ccccc2)C1=O. The Morgan fingerprint density at radius 1 is 1.20 bits per heavy atom. The molecule has 102 valence electrons. The lowest BCUT2D eigenvalue weighted by Gasteiger charge is -2.20. The molecule has 1 unspecified atom stereocenters. The lowest BCUT2D eigenvalue weighted by Crippen LogP contribution is -2.40. The summed E-state index contributed by atoms with van der Waals surface area (Å²) in [5.74, 6) is -0.204. The van der Waals surface area contributed by atoms with Gasteiger partial charge in [0.1, 0.15) is 5.54 Å². The number of imide groups is 1. The van der Waals surface area contributed by atoms with Crippen molar-refractivity contribution in [2.24, 2.45) is 0 Å². The first-order valence-corrected chi connectivity index (χ1v) is 7.26. The first-order valence-electron chi connectivity index (χ1n) is 6.32.